The summed E-state index contributed by atoms with van der Waals surface area (Å²) in [5.74, 6) is 0.835. The maximum atomic E-state index is 5.27. The van der Waals surface area contributed by atoms with E-state index in [0.29, 0.717) is 12.1 Å². The Labute approximate surface area is 118 Å². The van der Waals surface area contributed by atoms with Gasteiger partial charge in [0.05, 0.1) is 6.61 Å². The van der Waals surface area contributed by atoms with Gasteiger partial charge in [0.15, 0.2) is 0 Å². The second kappa shape index (κ2) is 9.70. The highest BCUT2D eigenvalue weighted by atomic mass is 16.5. The molecule has 1 aliphatic carbocycles. The van der Waals surface area contributed by atoms with Gasteiger partial charge in [0.1, 0.15) is 0 Å². The Morgan fingerprint density at radius 2 is 1.84 bits per heavy atom. The molecule has 1 saturated carbocycles. The molecule has 1 aliphatic rings. The number of nitrogens with zero attached hydrogens (tertiary/aromatic N) is 1. The molecule has 3 unspecified atom stereocenters. The summed E-state index contributed by atoms with van der Waals surface area (Å²) in [5, 5.41) is 3.51. The molecule has 4 nitrogen and oxygen atoms in total. The first-order valence-electron chi connectivity index (χ1n) is 7.62. The predicted octanol–water partition coefficient (Wildman–Crippen LogP) is 1.75. The summed E-state index contributed by atoms with van der Waals surface area (Å²) < 4.78 is 10.5. The second-order valence-electron chi connectivity index (χ2n) is 5.76. The third-order valence-electron chi connectivity index (χ3n) is 4.30. The average molecular weight is 272 g/mol. The Balaban J connectivity index is 2.57. The van der Waals surface area contributed by atoms with E-state index >= 15 is 0 Å². The minimum Gasteiger partial charge on any atom is -0.385 e. The van der Waals surface area contributed by atoms with Crippen LogP contribution in [0, 0.1) is 5.92 Å². The third kappa shape index (κ3) is 5.78. The summed E-state index contributed by atoms with van der Waals surface area (Å²) >= 11 is 0. The molecule has 0 radical (unpaired) electrons. The molecule has 0 heterocycles. The fourth-order valence-electron chi connectivity index (χ4n) is 3.16. The fourth-order valence-corrected chi connectivity index (χ4v) is 3.16. The van der Waals surface area contributed by atoms with Crippen molar-refractivity contribution >= 4 is 0 Å². The minimum absolute atomic E-state index is 0.621. The van der Waals surface area contributed by atoms with Gasteiger partial charge in [-0.05, 0) is 38.6 Å². The zero-order chi connectivity index (χ0) is 14.1. The SMILES string of the molecule is CNC1CCC(C)CC1N(CCCOC)CCOC. The van der Waals surface area contributed by atoms with Gasteiger partial charge in [0, 0.05) is 46.0 Å². The standard InChI is InChI=1S/C15H32N2O2/c1-13-6-7-14(16-2)15(12-13)17(9-11-19-4)8-5-10-18-3/h13-16H,5-12H2,1-4H3. The highest BCUT2D eigenvalue weighted by Gasteiger charge is 2.31. The molecule has 0 spiro atoms. The van der Waals surface area contributed by atoms with Crippen LogP contribution in [0.25, 0.3) is 0 Å². The van der Waals surface area contributed by atoms with E-state index in [4.69, 9.17) is 9.47 Å². The van der Waals surface area contributed by atoms with Gasteiger partial charge in [-0.2, -0.15) is 0 Å². The van der Waals surface area contributed by atoms with Crippen molar-refractivity contribution in [3.8, 4) is 0 Å². The molecule has 114 valence electrons. The molecule has 19 heavy (non-hydrogen) atoms. The van der Waals surface area contributed by atoms with E-state index in [1.54, 1.807) is 14.2 Å². The summed E-state index contributed by atoms with van der Waals surface area (Å²) in [6, 6.07) is 1.26. The Kier molecular flexibility index (Phi) is 8.62. The first-order valence-corrected chi connectivity index (χ1v) is 7.62. The van der Waals surface area contributed by atoms with Gasteiger partial charge >= 0.3 is 0 Å². The average Bonchev–Trinajstić information content (AvgIpc) is 2.42. The maximum absolute atomic E-state index is 5.27. The van der Waals surface area contributed by atoms with Crippen LogP contribution >= 0.6 is 0 Å². The molecule has 0 aromatic rings. The molecule has 0 aromatic heterocycles. The van der Waals surface area contributed by atoms with Crippen LogP contribution in [0.1, 0.15) is 32.6 Å². The van der Waals surface area contributed by atoms with Crippen molar-refractivity contribution < 1.29 is 9.47 Å². The maximum Gasteiger partial charge on any atom is 0.0589 e. The lowest BCUT2D eigenvalue weighted by Crippen LogP contribution is -2.53. The molecule has 0 bridgehead atoms. The fraction of sp³-hybridized carbons (Fsp3) is 1.00. The monoisotopic (exact) mass is 272 g/mol. The minimum atomic E-state index is 0.621. The van der Waals surface area contributed by atoms with E-state index in [2.05, 4.69) is 24.2 Å². The summed E-state index contributed by atoms with van der Waals surface area (Å²) in [4.78, 5) is 2.60. The van der Waals surface area contributed by atoms with Crippen LogP contribution in [0.5, 0.6) is 0 Å². The van der Waals surface area contributed by atoms with Gasteiger partial charge < -0.3 is 14.8 Å². The molecule has 1 N–H and O–H groups in total. The van der Waals surface area contributed by atoms with E-state index in [1.807, 2.05) is 0 Å². The van der Waals surface area contributed by atoms with E-state index < -0.39 is 0 Å². The Morgan fingerprint density at radius 3 is 2.47 bits per heavy atom. The van der Waals surface area contributed by atoms with Gasteiger partial charge in [0.25, 0.3) is 0 Å². The largest absolute Gasteiger partial charge is 0.385 e. The van der Waals surface area contributed by atoms with Crippen molar-refractivity contribution in [2.24, 2.45) is 5.92 Å². The summed E-state index contributed by atoms with van der Waals surface area (Å²) in [6.45, 7) is 6.16. The number of hydrogen-bond donors (Lipinski definition) is 1. The number of rotatable bonds is 9. The Bertz CT molecular complexity index is 226. The van der Waals surface area contributed by atoms with E-state index in [9.17, 15) is 0 Å². The number of ether oxygens (including phenoxy) is 2. The number of nitrogens with one attached hydrogen (secondary N) is 1. The van der Waals surface area contributed by atoms with Crippen LogP contribution < -0.4 is 5.32 Å². The van der Waals surface area contributed by atoms with Crippen molar-refractivity contribution in [1.29, 1.82) is 0 Å². The van der Waals surface area contributed by atoms with Gasteiger partial charge in [-0.25, -0.2) is 0 Å². The highest BCUT2D eigenvalue weighted by molar-refractivity contribution is 4.89. The van der Waals surface area contributed by atoms with Crippen molar-refractivity contribution in [2.75, 3.05) is 47.6 Å². The van der Waals surface area contributed by atoms with Gasteiger partial charge in [-0.3, -0.25) is 4.90 Å². The molecule has 4 heteroatoms. The van der Waals surface area contributed by atoms with Crippen molar-refractivity contribution in [3.63, 3.8) is 0 Å². The zero-order valence-electron chi connectivity index (χ0n) is 13.2. The molecule has 1 fully saturated rings. The van der Waals surface area contributed by atoms with Crippen molar-refractivity contribution in [1.82, 2.24) is 10.2 Å². The number of methoxy groups -OCH3 is 2. The van der Waals surface area contributed by atoms with Crippen LogP contribution in [0.4, 0.5) is 0 Å². The lowest BCUT2D eigenvalue weighted by atomic mass is 9.82. The number of likely N-dealkylation sites (N-methyl/N-ethyl adjacent to an activating group) is 1. The van der Waals surface area contributed by atoms with E-state index in [-0.39, 0.29) is 0 Å². The van der Waals surface area contributed by atoms with Gasteiger partial charge in [-0.1, -0.05) is 6.92 Å². The lowest BCUT2D eigenvalue weighted by molar-refractivity contribution is 0.0647. The summed E-state index contributed by atoms with van der Waals surface area (Å²) in [6.07, 6.45) is 5.03. The predicted molar refractivity (Wildman–Crippen MR) is 79.6 cm³/mol. The normalized spacial score (nSPS) is 27.9. The molecular weight excluding hydrogens is 240 g/mol. The van der Waals surface area contributed by atoms with Crippen molar-refractivity contribution in [3.05, 3.63) is 0 Å². The lowest BCUT2D eigenvalue weighted by Gasteiger charge is -2.42. The molecule has 0 saturated heterocycles. The third-order valence-corrected chi connectivity index (χ3v) is 4.30. The molecule has 3 atom stereocenters. The first-order chi connectivity index (χ1) is 9.22. The second-order valence-corrected chi connectivity index (χ2v) is 5.76. The Hall–Kier alpha value is -0.160. The van der Waals surface area contributed by atoms with Crippen LogP contribution in [0.2, 0.25) is 0 Å². The van der Waals surface area contributed by atoms with Crippen LogP contribution in [-0.4, -0.2) is 64.6 Å². The summed E-state index contributed by atoms with van der Waals surface area (Å²) in [5.41, 5.74) is 0. The van der Waals surface area contributed by atoms with E-state index in [0.717, 1.165) is 38.6 Å². The first kappa shape index (κ1) is 16.9. The topological polar surface area (TPSA) is 33.7 Å². The molecule has 0 amide bonds. The van der Waals surface area contributed by atoms with Crippen LogP contribution in [0.3, 0.4) is 0 Å². The Morgan fingerprint density at radius 1 is 1.11 bits per heavy atom. The smallest absolute Gasteiger partial charge is 0.0589 e. The molecule has 0 aliphatic heterocycles. The van der Waals surface area contributed by atoms with Crippen molar-refractivity contribution in [2.45, 2.75) is 44.7 Å². The van der Waals surface area contributed by atoms with Gasteiger partial charge in [0.2, 0.25) is 0 Å². The molecule has 1 rings (SSSR count). The quantitative estimate of drug-likeness (QED) is 0.648. The number of hydrogen-bond acceptors (Lipinski definition) is 4. The molecular formula is C15H32N2O2. The van der Waals surface area contributed by atoms with Gasteiger partial charge in [-0.15, -0.1) is 0 Å². The van der Waals surface area contributed by atoms with Crippen LogP contribution in [-0.2, 0) is 9.47 Å². The summed E-state index contributed by atoms with van der Waals surface area (Å²) in [7, 11) is 5.66. The van der Waals surface area contributed by atoms with Crippen LogP contribution in [0.15, 0.2) is 0 Å². The van der Waals surface area contributed by atoms with E-state index in [1.165, 1.54) is 19.3 Å². The highest BCUT2D eigenvalue weighted by Crippen LogP contribution is 2.27. The zero-order valence-corrected chi connectivity index (χ0v) is 13.2. The molecule has 0 aromatic carbocycles.